The van der Waals surface area contributed by atoms with Crippen molar-refractivity contribution in [3.63, 3.8) is 0 Å². The highest BCUT2D eigenvalue weighted by Gasteiger charge is 2.19. The number of nitrogens with zero attached hydrogens (tertiary/aromatic N) is 1. The molecule has 0 aliphatic carbocycles. The van der Waals surface area contributed by atoms with Crippen molar-refractivity contribution in [2.24, 2.45) is 0 Å². The average Bonchev–Trinajstić information content (AvgIpc) is 3.17. The highest BCUT2D eigenvalue weighted by molar-refractivity contribution is 7.92. The zero-order valence-electron chi connectivity index (χ0n) is 17.1. The summed E-state index contributed by atoms with van der Waals surface area (Å²) in [6, 6.07) is 12.3. The number of aromatic nitrogens is 1. The van der Waals surface area contributed by atoms with Gasteiger partial charge in [0.2, 0.25) is 0 Å². The minimum atomic E-state index is -3.75. The third-order valence-corrected chi connectivity index (χ3v) is 6.42. The number of carbonyl (C=O) groups is 1. The van der Waals surface area contributed by atoms with Crippen LogP contribution >= 0.6 is 11.3 Å². The van der Waals surface area contributed by atoms with Crippen LogP contribution in [0, 0.1) is 0 Å². The predicted molar refractivity (Wildman–Crippen MR) is 119 cm³/mol. The van der Waals surface area contributed by atoms with Crippen molar-refractivity contribution < 1.29 is 17.9 Å². The number of thiazole rings is 1. The fourth-order valence-electron chi connectivity index (χ4n) is 2.50. The van der Waals surface area contributed by atoms with Crippen molar-refractivity contribution in [3.05, 3.63) is 65.2 Å². The van der Waals surface area contributed by atoms with Gasteiger partial charge in [-0.05, 0) is 48.5 Å². The molecule has 0 radical (unpaired) electrons. The summed E-state index contributed by atoms with van der Waals surface area (Å²) >= 11 is 1.37. The Kier molecular flexibility index (Phi) is 6.14. The summed E-state index contributed by atoms with van der Waals surface area (Å²) in [5.41, 5.74) is 1.56. The van der Waals surface area contributed by atoms with Crippen LogP contribution in [0.25, 0.3) is 0 Å². The molecule has 158 valence electrons. The summed E-state index contributed by atoms with van der Waals surface area (Å²) < 4.78 is 32.5. The SMILES string of the molecule is COc1ccc(S(=O)(=O)Nc2ccc(C(=O)Nc3nc(C(C)(C)C)cs3)cc2)cc1. The Labute approximate surface area is 180 Å². The molecule has 0 spiro atoms. The third kappa shape index (κ3) is 5.17. The Morgan fingerprint density at radius 3 is 2.20 bits per heavy atom. The van der Waals surface area contributed by atoms with Gasteiger partial charge in [0.05, 0.1) is 17.7 Å². The molecule has 7 nitrogen and oxygen atoms in total. The summed E-state index contributed by atoms with van der Waals surface area (Å²) in [5.74, 6) is 0.258. The molecule has 0 bridgehead atoms. The summed E-state index contributed by atoms with van der Waals surface area (Å²) in [7, 11) is -2.23. The lowest BCUT2D eigenvalue weighted by atomic mass is 9.93. The summed E-state index contributed by atoms with van der Waals surface area (Å²) in [5, 5.41) is 5.22. The number of nitrogens with one attached hydrogen (secondary N) is 2. The summed E-state index contributed by atoms with van der Waals surface area (Å²) in [6.07, 6.45) is 0. The largest absolute Gasteiger partial charge is 0.497 e. The molecule has 0 aliphatic heterocycles. The molecular formula is C21H23N3O4S2. The zero-order chi connectivity index (χ0) is 21.9. The lowest BCUT2D eigenvalue weighted by Crippen LogP contribution is -2.15. The Balaban J connectivity index is 1.68. The molecule has 1 heterocycles. The fraction of sp³-hybridized carbons (Fsp3) is 0.238. The van der Waals surface area contributed by atoms with Gasteiger partial charge in [-0.3, -0.25) is 14.8 Å². The van der Waals surface area contributed by atoms with Gasteiger partial charge >= 0.3 is 0 Å². The Bertz CT molecular complexity index is 1130. The van der Waals surface area contributed by atoms with E-state index in [9.17, 15) is 13.2 Å². The topological polar surface area (TPSA) is 97.4 Å². The minimum Gasteiger partial charge on any atom is -0.497 e. The second kappa shape index (κ2) is 8.45. The molecule has 3 aromatic rings. The van der Waals surface area contributed by atoms with E-state index >= 15 is 0 Å². The molecule has 0 saturated heterocycles. The van der Waals surface area contributed by atoms with E-state index in [1.54, 1.807) is 36.4 Å². The van der Waals surface area contributed by atoms with Crippen LogP contribution in [-0.4, -0.2) is 26.4 Å². The van der Waals surface area contributed by atoms with Crippen molar-refractivity contribution in [2.75, 3.05) is 17.1 Å². The maximum Gasteiger partial charge on any atom is 0.261 e. The van der Waals surface area contributed by atoms with E-state index in [2.05, 4.69) is 35.8 Å². The standard InChI is InChI=1S/C21H23N3O4S2/c1-21(2,3)18-13-29-20(22-18)23-19(25)14-5-7-15(8-6-14)24-30(26,27)17-11-9-16(28-4)10-12-17/h5-13,24H,1-4H3,(H,22,23,25). The highest BCUT2D eigenvalue weighted by Crippen LogP contribution is 2.27. The molecule has 0 saturated carbocycles. The maximum absolute atomic E-state index is 12.5. The van der Waals surface area contributed by atoms with E-state index in [0.717, 1.165) is 5.69 Å². The van der Waals surface area contributed by atoms with Crippen LogP contribution in [0.2, 0.25) is 0 Å². The maximum atomic E-state index is 12.5. The van der Waals surface area contributed by atoms with Crippen molar-refractivity contribution >= 4 is 38.1 Å². The van der Waals surface area contributed by atoms with Gasteiger partial charge < -0.3 is 4.74 Å². The second-order valence-corrected chi connectivity index (χ2v) is 10.1. The Morgan fingerprint density at radius 1 is 1.03 bits per heavy atom. The highest BCUT2D eigenvalue weighted by atomic mass is 32.2. The average molecular weight is 446 g/mol. The van der Waals surface area contributed by atoms with E-state index in [-0.39, 0.29) is 16.2 Å². The normalized spacial score (nSPS) is 11.7. The van der Waals surface area contributed by atoms with Crippen LogP contribution in [0.3, 0.4) is 0 Å². The first-order valence-electron chi connectivity index (χ1n) is 9.13. The van der Waals surface area contributed by atoms with Crippen LogP contribution in [0.5, 0.6) is 5.75 Å². The van der Waals surface area contributed by atoms with Crippen LogP contribution in [0.1, 0.15) is 36.8 Å². The Hall–Kier alpha value is -2.91. The van der Waals surface area contributed by atoms with Gasteiger partial charge in [0.15, 0.2) is 5.13 Å². The van der Waals surface area contributed by atoms with E-state index in [1.165, 1.54) is 30.6 Å². The van der Waals surface area contributed by atoms with Gasteiger partial charge in [0.25, 0.3) is 15.9 Å². The molecule has 9 heteroatoms. The smallest absolute Gasteiger partial charge is 0.261 e. The van der Waals surface area contributed by atoms with Gasteiger partial charge in [-0.2, -0.15) is 0 Å². The van der Waals surface area contributed by atoms with Crippen LogP contribution in [0.4, 0.5) is 10.8 Å². The molecule has 0 unspecified atom stereocenters. The van der Waals surface area contributed by atoms with Gasteiger partial charge in [0.1, 0.15) is 5.75 Å². The number of hydrogen-bond donors (Lipinski definition) is 2. The van der Waals surface area contributed by atoms with Gasteiger partial charge in [0, 0.05) is 22.0 Å². The van der Waals surface area contributed by atoms with Gasteiger partial charge in [-0.25, -0.2) is 13.4 Å². The molecule has 2 N–H and O–H groups in total. The lowest BCUT2D eigenvalue weighted by molar-refractivity contribution is 0.102. The molecule has 3 rings (SSSR count). The number of anilines is 2. The predicted octanol–water partition coefficient (Wildman–Crippen LogP) is 4.50. The number of carbonyl (C=O) groups excluding carboxylic acids is 1. The van der Waals surface area contributed by atoms with Crippen LogP contribution in [-0.2, 0) is 15.4 Å². The fourth-order valence-corrected chi connectivity index (χ4v) is 4.49. The summed E-state index contributed by atoms with van der Waals surface area (Å²) in [6.45, 7) is 6.16. The zero-order valence-corrected chi connectivity index (χ0v) is 18.7. The van der Waals surface area contributed by atoms with E-state index in [4.69, 9.17) is 4.74 Å². The van der Waals surface area contributed by atoms with E-state index in [0.29, 0.717) is 22.1 Å². The molecule has 1 amide bonds. The molecule has 1 aromatic heterocycles. The van der Waals surface area contributed by atoms with Gasteiger partial charge in [-0.1, -0.05) is 20.8 Å². The molecule has 0 atom stereocenters. The number of rotatable bonds is 6. The quantitative estimate of drug-likeness (QED) is 0.582. The number of benzene rings is 2. The minimum absolute atomic E-state index is 0.0951. The van der Waals surface area contributed by atoms with Crippen molar-refractivity contribution in [1.82, 2.24) is 4.98 Å². The third-order valence-electron chi connectivity index (χ3n) is 4.26. The molecular weight excluding hydrogens is 422 g/mol. The lowest BCUT2D eigenvalue weighted by Gasteiger charge is -2.14. The number of sulfonamides is 1. The van der Waals surface area contributed by atoms with Crippen molar-refractivity contribution in [2.45, 2.75) is 31.1 Å². The van der Waals surface area contributed by atoms with Gasteiger partial charge in [-0.15, -0.1) is 11.3 Å². The molecule has 0 aliphatic rings. The molecule has 0 fully saturated rings. The first-order valence-corrected chi connectivity index (χ1v) is 11.5. The number of amides is 1. The van der Waals surface area contributed by atoms with Crippen LogP contribution < -0.4 is 14.8 Å². The van der Waals surface area contributed by atoms with Crippen molar-refractivity contribution in [1.29, 1.82) is 0 Å². The number of methoxy groups -OCH3 is 1. The second-order valence-electron chi connectivity index (χ2n) is 7.60. The molecule has 2 aromatic carbocycles. The number of ether oxygens (including phenoxy) is 1. The van der Waals surface area contributed by atoms with E-state index in [1.807, 2.05) is 5.38 Å². The Morgan fingerprint density at radius 2 is 1.67 bits per heavy atom. The monoisotopic (exact) mass is 445 g/mol. The van der Waals surface area contributed by atoms with E-state index < -0.39 is 10.0 Å². The first kappa shape index (κ1) is 21.8. The summed E-state index contributed by atoms with van der Waals surface area (Å²) in [4.78, 5) is 17.0. The molecule has 30 heavy (non-hydrogen) atoms. The number of hydrogen-bond acceptors (Lipinski definition) is 6. The van der Waals surface area contributed by atoms with Crippen molar-refractivity contribution in [3.8, 4) is 5.75 Å². The van der Waals surface area contributed by atoms with Crippen LogP contribution in [0.15, 0.2) is 58.8 Å². The first-order chi connectivity index (χ1) is 14.1.